The molecule has 2 amide bonds. The molecule has 0 aliphatic heterocycles. The van der Waals surface area contributed by atoms with Crippen LogP contribution in [-0.2, 0) is 16.1 Å². The Kier molecular flexibility index (Phi) is 8.72. The van der Waals surface area contributed by atoms with Gasteiger partial charge in [-0.25, -0.2) is 0 Å². The van der Waals surface area contributed by atoms with Crippen LogP contribution in [0, 0.1) is 22.7 Å². The number of rotatable bonds is 8. The zero-order valence-corrected chi connectivity index (χ0v) is 18.7. The normalized spacial score (nSPS) is 12.0. The number of nitrogens with zero attached hydrogens (tertiary/aromatic N) is 4. The smallest absolute Gasteiger partial charge is 0.270 e. The van der Waals surface area contributed by atoms with Crippen molar-refractivity contribution in [3.63, 3.8) is 0 Å². The second kappa shape index (κ2) is 11.5. The minimum absolute atomic E-state index is 0.154. The first-order valence-electron chi connectivity index (χ1n) is 9.61. The molecule has 0 saturated heterocycles. The van der Waals surface area contributed by atoms with Gasteiger partial charge < -0.3 is 20.9 Å². The molecule has 1 heterocycles. The van der Waals surface area contributed by atoms with Gasteiger partial charge in [-0.05, 0) is 39.2 Å². The minimum atomic E-state index is -0.710. The fourth-order valence-electron chi connectivity index (χ4n) is 2.72. The van der Waals surface area contributed by atoms with Crippen LogP contribution in [-0.4, -0.2) is 48.5 Å². The molecule has 11 heteroatoms. The third-order valence-corrected chi connectivity index (χ3v) is 5.21. The van der Waals surface area contributed by atoms with Crippen molar-refractivity contribution < 1.29 is 9.59 Å². The summed E-state index contributed by atoms with van der Waals surface area (Å²) in [5.41, 5.74) is 0.661. The van der Waals surface area contributed by atoms with Crippen LogP contribution in [0.5, 0.6) is 0 Å². The number of amides is 2. The van der Waals surface area contributed by atoms with Crippen molar-refractivity contribution in [1.29, 1.82) is 10.5 Å². The van der Waals surface area contributed by atoms with Crippen LogP contribution in [0.15, 0.2) is 29.1 Å². The van der Waals surface area contributed by atoms with Crippen molar-refractivity contribution in [3.8, 4) is 12.1 Å². The van der Waals surface area contributed by atoms with E-state index in [0.29, 0.717) is 15.9 Å². The summed E-state index contributed by atoms with van der Waals surface area (Å²) < 4.78 is 1.85. The molecule has 3 N–H and O–H groups in total. The molecule has 0 aliphatic rings. The molecular weight excluding hydrogens is 430 g/mol. The Bertz CT molecular complexity index is 1260. The molecule has 0 bridgehead atoms. The molecule has 0 radical (unpaired) electrons. The standard InChI is InChI=1S/C21H23N7O3S/c1-4-28-20(31)17(32-21(28)16(11-23)19(30)24-9-8-22)12-25-14-6-5-7-15(10-14)26-18(29)13-27(2)3/h5-7,10,12,25H,4,9,13H2,1-3H3,(H,24,30)(H,26,29)/b17-12+,21-16-. The van der Waals surface area contributed by atoms with Crippen LogP contribution in [0.1, 0.15) is 6.92 Å². The van der Waals surface area contributed by atoms with E-state index < -0.39 is 5.91 Å². The Hall–Kier alpha value is -3.93. The Balaban J connectivity index is 2.38. The highest BCUT2D eigenvalue weighted by molar-refractivity contribution is 7.07. The van der Waals surface area contributed by atoms with Crippen molar-refractivity contribution in [2.75, 3.05) is 37.8 Å². The molecule has 1 aromatic carbocycles. The molecular formula is C21H23N7O3S. The zero-order valence-electron chi connectivity index (χ0n) is 17.9. The summed E-state index contributed by atoms with van der Waals surface area (Å²) >= 11 is 1.000. The maximum Gasteiger partial charge on any atom is 0.270 e. The van der Waals surface area contributed by atoms with E-state index in [2.05, 4.69) is 16.0 Å². The van der Waals surface area contributed by atoms with E-state index in [1.807, 2.05) is 6.07 Å². The number of hydrogen-bond donors (Lipinski definition) is 3. The van der Waals surface area contributed by atoms with Gasteiger partial charge in [0.25, 0.3) is 11.5 Å². The van der Waals surface area contributed by atoms with Gasteiger partial charge in [-0.1, -0.05) is 6.07 Å². The number of thiazole rings is 1. The average molecular weight is 454 g/mol. The van der Waals surface area contributed by atoms with Gasteiger partial charge in [0.2, 0.25) is 5.91 Å². The summed E-state index contributed by atoms with van der Waals surface area (Å²) in [5.74, 6) is -0.864. The first kappa shape index (κ1) is 24.3. The fourth-order valence-corrected chi connectivity index (χ4v) is 3.81. The lowest BCUT2D eigenvalue weighted by Gasteiger charge is -2.10. The number of carbonyl (C=O) groups is 2. The topological polar surface area (TPSA) is 143 Å². The highest BCUT2D eigenvalue weighted by Crippen LogP contribution is 2.15. The molecule has 0 atom stereocenters. The lowest BCUT2D eigenvalue weighted by Crippen LogP contribution is -2.34. The summed E-state index contributed by atoms with van der Waals surface area (Å²) in [6.45, 7) is 2.01. The monoisotopic (exact) mass is 453 g/mol. The quantitative estimate of drug-likeness (QED) is 0.461. The molecule has 10 nitrogen and oxygen atoms in total. The summed E-state index contributed by atoms with van der Waals surface area (Å²) in [6, 6.07) is 10.6. The average Bonchev–Trinajstić information content (AvgIpc) is 3.06. The maximum absolute atomic E-state index is 12.7. The van der Waals surface area contributed by atoms with Crippen LogP contribution in [0.25, 0.3) is 11.8 Å². The number of nitrogens with one attached hydrogen (secondary N) is 3. The third kappa shape index (κ3) is 6.28. The van der Waals surface area contributed by atoms with E-state index in [9.17, 15) is 19.6 Å². The molecule has 32 heavy (non-hydrogen) atoms. The number of benzene rings is 1. The van der Waals surface area contributed by atoms with Gasteiger partial charge in [0, 0.05) is 24.1 Å². The highest BCUT2D eigenvalue weighted by atomic mass is 32.1. The van der Waals surface area contributed by atoms with Crippen molar-refractivity contribution in [2.24, 2.45) is 0 Å². The predicted molar refractivity (Wildman–Crippen MR) is 123 cm³/mol. The molecule has 0 fully saturated rings. The van der Waals surface area contributed by atoms with Crippen LogP contribution >= 0.6 is 11.3 Å². The van der Waals surface area contributed by atoms with Gasteiger partial charge in [0.05, 0.1) is 12.6 Å². The van der Waals surface area contributed by atoms with Crippen LogP contribution in [0.3, 0.4) is 0 Å². The van der Waals surface area contributed by atoms with Crippen LogP contribution in [0.4, 0.5) is 11.4 Å². The van der Waals surface area contributed by atoms with Gasteiger partial charge in [0.1, 0.15) is 21.8 Å². The first-order valence-corrected chi connectivity index (χ1v) is 10.4. The Labute approximate surface area is 188 Å². The van der Waals surface area contributed by atoms with Gasteiger partial charge in [-0.3, -0.25) is 19.0 Å². The molecule has 2 aromatic rings. The van der Waals surface area contributed by atoms with Crippen LogP contribution < -0.4 is 30.7 Å². The Morgan fingerprint density at radius 2 is 1.97 bits per heavy atom. The molecule has 0 saturated carbocycles. The lowest BCUT2D eigenvalue weighted by molar-refractivity contribution is -0.117. The molecule has 0 spiro atoms. The Morgan fingerprint density at radius 3 is 2.59 bits per heavy atom. The number of anilines is 2. The molecule has 166 valence electrons. The maximum atomic E-state index is 12.7. The summed E-state index contributed by atoms with van der Waals surface area (Å²) in [4.78, 5) is 38.6. The second-order valence-electron chi connectivity index (χ2n) is 6.80. The third-order valence-electron chi connectivity index (χ3n) is 4.08. The predicted octanol–water partition coefficient (Wildman–Crippen LogP) is -0.406. The number of carbonyl (C=O) groups excluding carboxylic acids is 2. The van der Waals surface area contributed by atoms with Gasteiger partial charge in [-0.15, -0.1) is 11.3 Å². The number of aromatic nitrogens is 1. The summed E-state index contributed by atoms with van der Waals surface area (Å²) in [5, 5.41) is 26.2. The second-order valence-corrected chi connectivity index (χ2v) is 7.83. The number of likely N-dealkylation sites (N-methyl/N-ethyl adjacent to an activating group) is 1. The van der Waals surface area contributed by atoms with E-state index in [1.54, 1.807) is 56.3 Å². The molecule has 2 rings (SSSR count). The number of hydrogen-bond acceptors (Lipinski definition) is 8. The van der Waals surface area contributed by atoms with E-state index >= 15 is 0 Å². The van der Waals surface area contributed by atoms with Crippen molar-refractivity contribution in [2.45, 2.75) is 13.5 Å². The van der Waals surface area contributed by atoms with Gasteiger partial charge in [-0.2, -0.15) is 10.5 Å². The van der Waals surface area contributed by atoms with E-state index in [0.717, 1.165) is 11.3 Å². The van der Waals surface area contributed by atoms with E-state index in [1.165, 1.54) is 10.8 Å². The summed E-state index contributed by atoms with van der Waals surface area (Å²) in [7, 11) is 3.60. The van der Waals surface area contributed by atoms with Gasteiger partial charge >= 0.3 is 0 Å². The zero-order chi connectivity index (χ0) is 23.7. The Morgan fingerprint density at radius 1 is 1.25 bits per heavy atom. The van der Waals surface area contributed by atoms with Crippen LogP contribution in [0.2, 0.25) is 0 Å². The first-order chi connectivity index (χ1) is 15.3. The molecule has 1 aromatic heterocycles. The van der Waals surface area contributed by atoms with E-state index in [4.69, 9.17) is 5.26 Å². The van der Waals surface area contributed by atoms with E-state index in [-0.39, 0.29) is 41.3 Å². The van der Waals surface area contributed by atoms with Gasteiger partial charge in [0.15, 0.2) is 5.57 Å². The fraction of sp³-hybridized carbons (Fsp3) is 0.286. The SMILES string of the molecule is CCn1c(=O)/c(=C\Nc2cccc(NC(=O)CN(C)C)c2)s/c1=C(/C#N)C(=O)NCC#N. The van der Waals surface area contributed by atoms with Crippen molar-refractivity contribution in [3.05, 3.63) is 43.8 Å². The highest BCUT2D eigenvalue weighted by Gasteiger charge is 2.14. The lowest BCUT2D eigenvalue weighted by atomic mass is 10.2. The molecule has 0 aliphatic carbocycles. The summed E-state index contributed by atoms with van der Waals surface area (Å²) in [6.07, 6.45) is 1.49. The molecule has 0 unspecified atom stereocenters. The minimum Gasteiger partial charge on any atom is -0.360 e. The van der Waals surface area contributed by atoms with Crippen molar-refractivity contribution >= 4 is 46.3 Å². The van der Waals surface area contributed by atoms with Crippen molar-refractivity contribution in [1.82, 2.24) is 14.8 Å². The largest absolute Gasteiger partial charge is 0.360 e. The number of nitriles is 2.